The lowest BCUT2D eigenvalue weighted by Crippen LogP contribution is -2.42. The molecule has 0 aliphatic rings. The normalized spacial score (nSPS) is 9.24. The van der Waals surface area contributed by atoms with Gasteiger partial charge in [0.15, 0.2) is 0 Å². The van der Waals surface area contributed by atoms with Gasteiger partial charge in [-0.1, -0.05) is 11.6 Å². The van der Waals surface area contributed by atoms with Gasteiger partial charge in [-0.2, -0.15) is 0 Å². The third-order valence-corrected chi connectivity index (χ3v) is 1.61. The van der Waals surface area contributed by atoms with Crippen molar-refractivity contribution < 1.29 is 19.8 Å². The van der Waals surface area contributed by atoms with E-state index >= 15 is 0 Å². The monoisotopic (exact) mass is 258 g/mol. The van der Waals surface area contributed by atoms with E-state index in [1.807, 2.05) is 0 Å². The van der Waals surface area contributed by atoms with E-state index < -0.39 is 18.1 Å². The average Bonchev–Trinajstić information content (AvgIpc) is 2.14. The van der Waals surface area contributed by atoms with Crippen molar-refractivity contribution in [1.29, 1.82) is 0 Å². The van der Waals surface area contributed by atoms with Gasteiger partial charge in [-0.15, -0.1) is 0 Å². The Balaban J connectivity index is 2.95. The van der Waals surface area contributed by atoms with Crippen LogP contribution < -0.4 is 10.6 Å². The van der Waals surface area contributed by atoms with Crippen LogP contribution in [-0.4, -0.2) is 33.3 Å². The molecule has 0 radical (unpaired) electrons. The maximum Gasteiger partial charge on any atom is 0.411 e. The molecule has 9 heteroatoms. The van der Waals surface area contributed by atoms with Crippen molar-refractivity contribution >= 4 is 35.4 Å². The Labute approximate surface area is 100.0 Å². The maximum absolute atomic E-state index is 10.4. The number of hydrogen-bond acceptors (Lipinski definition) is 4. The molecular formula is C8H7ClN4O4. The summed E-state index contributed by atoms with van der Waals surface area (Å²) < 4.78 is 0. The summed E-state index contributed by atoms with van der Waals surface area (Å²) in [5, 5.41) is 20.7. The van der Waals surface area contributed by atoms with Crippen molar-refractivity contribution in [2.45, 2.75) is 0 Å². The second-order valence-corrected chi connectivity index (χ2v) is 3.04. The number of rotatable bonds is 1. The molecule has 17 heavy (non-hydrogen) atoms. The molecular weight excluding hydrogens is 252 g/mol. The number of halogens is 1. The lowest BCUT2D eigenvalue weighted by molar-refractivity contribution is 0.197. The molecule has 90 valence electrons. The second kappa shape index (κ2) is 5.66. The van der Waals surface area contributed by atoms with Gasteiger partial charge < -0.3 is 10.2 Å². The molecule has 4 N–H and O–H groups in total. The predicted molar refractivity (Wildman–Crippen MR) is 58.7 cm³/mol. The summed E-state index contributed by atoms with van der Waals surface area (Å²) in [7, 11) is 0. The number of pyridine rings is 1. The number of nitrogens with zero attached hydrogens (tertiary/aromatic N) is 2. The first-order valence-corrected chi connectivity index (χ1v) is 4.55. The van der Waals surface area contributed by atoms with Crippen molar-refractivity contribution in [3.63, 3.8) is 0 Å². The number of guanidine groups is 1. The average molecular weight is 259 g/mol. The molecule has 0 saturated carbocycles. The molecule has 0 aromatic carbocycles. The number of nitrogens with one attached hydrogen (secondary N) is 2. The first-order valence-electron chi connectivity index (χ1n) is 4.17. The quantitative estimate of drug-likeness (QED) is 0.343. The zero-order chi connectivity index (χ0) is 12.8. The standard InChI is InChI=1S/C8H7ClN4O4/c9-5-3-4(1-2-10-5)11-6(12-7(14)15)13-8(16)17/h1-3H,(H,14,15)(H,16,17)(H2,10,11,12,13). The third-order valence-electron chi connectivity index (χ3n) is 1.40. The van der Waals surface area contributed by atoms with E-state index in [0.29, 0.717) is 0 Å². The molecule has 8 nitrogen and oxygen atoms in total. The Bertz CT molecular complexity index is 458. The minimum atomic E-state index is -1.45. The number of carboxylic acid groups (broad SMARTS) is 2. The molecule has 0 saturated heterocycles. The van der Waals surface area contributed by atoms with Crippen LogP contribution in [0.2, 0.25) is 5.15 Å². The fourth-order valence-electron chi connectivity index (χ4n) is 0.881. The number of carbonyl (C=O) groups is 2. The SMILES string of the molecule is O=C(O)NC(=Nc1ccnc(Cl)c1)NC(=O)O. The fraction of sp³-hybridized carbons (Fsp3) is 0. The van der Waals surface area contributed by atoms with Gasteiger partial charge in [0, 0.05) is 12.3 Å². The zero-order valence-electron chi connectivity index (χ0n) is 8.22. The highest BCUT2D eigenvalue weighted by Crippen LogP contribution is 2.14. The minimum absolute atomic E-state index is 0.149. The van der Waals surface area contributed by atoms with Gasteiger partial charge in [0.25, 0.3) is 0 Å². The highest BCUT2D eigenvalue weighted by atomic mass is 35.5. The fourth-order valence-corrected chi connectivity index (χ4v) is 1.05. The molecule has 0 spiro atoms. The van der Waals surface area contributed by atoms with Gasteiger partial charge in [0.2, 0.25) is 5.96 Å². The van der Waals surface area contributed by atoms with Gasteiger partial charge in [0.1, 0.15) is 5.15 Å². The highest BCUT2D eigenvalue weighted by Gasteiger charge is 2.07. The molecule has 0 aliphatic heterocycles. The van der Waals surface area contributed by atoms with Crippen LogP contribution in [0.4, 0.5) is 15.3 Å². The van der Waals surface area contributed by atoms with Gasteiger partial charge in [-0.25, -0.2) is 19.6 Å². The van der Waals surface area contributed by atoms with Crippen LogP contribution in [0.15, 0.2) is 23.3 Å². The van der Waals surface area contributed by atoms with E-state index in [0.717, 1.165) is 0 Å². The van der Waals surface area contributed by atoms with Crippen LogP contribution in [0, 0.1) is 0 Å². The molecule has 1 rings (SSSR count). The number of amides is 2. The zero-order valence-corrected chi connectivity index (χ0v) is 8.97. The van der Waals surface area contributed by atoms with Crippen LogP contribution in [0.25, 0.3) is 0 Å². The molecule has 0 aliphatic carbocycles. The number of aliphatic imine (C=N–C) groups is 1. The van der Waals surface area contributed by atoms with E-state index in [1.165, 1.54) is 18.3 Å². The van der Waals surface area contributed by atoms with E-state index in [2.05, 4.69) is 9.98 Å². The van der Waals surface area contributed by atoms with E-state index in [1.54, 1.807) is 10.6 Å². The van der Waals surface area contributed by atoms with E-state index in [4.69, 9.17) is 21.8 Å². The van der Waals surface area contributed by atoms with Crippen LogP contribution in [-0.2, 0) is 0 Å². The number of aromatic nitrogens is 1. The van der Waals surface area contributed by atoms with Crippen LogP contribution in [0.5, 0.6) is 0 Å². The molecule has 1 heterocycles. The summed E-state index contributed by atoms with van der Waals surface area (Å²) >= 11 is 5.59. The smallest absolute Gasteiger partial charge is 0.411 e. The molecule has 0 bridgehead atoms. The summed E-state index contributed by atoms with van der Waals surface area (Å²) in [4.78, 5) is 28.2. The van der Waals surface area contributed by atoms with Crippen molar-refractivity contribution in [1.82, 2.24) is 15.6 Å². The molecule has 0 fully saturated rings. The largest absolute Gasteiger partial charge is 0.465 e. The molecule has 0 unspecified atom stereocenters. The van der Waals surface area contributed by atoms with Crippen LogP contribution in [0.1, 0.15) is 0 Å². The van der Waals surface area contributed by atoms with E-state index in [-0.39, 0.29) is 10.8 Å². The predicted octanol–water partition coefficient (Wildman–Crippen LogP) is 1.26. The minimum Gasteiger partial charge on any atom is -0.465 e. The van der Waals surface area contributed by atoms with E-state index in [9.17, 15) is 9.59 Å². The van der Waals surface area contributed by atoms with Gasteiger partial charge in [-0.05, 0) is 6.07 Å². The Hall–Kier alpha value is -2.35. The summed E-state index contributed by atoms with van der Waals surface area (Å²) in [6.07, 6.45) is -1.55. The third kappa shape index (κ3) is 4.80. The summed E-state index contributed by atoms with van der Waals surface area (Å²) in [6.45, 7) is 0. The maximum atomic E-state index is 10.4. The second-order valence-electron chi connectivity index (χ2n) is 2.66. The summed E-state index contributed by atoms with van der Waals surface area (Å²) in [5.41, 5.74) is 0.252. The lowest BCUT2D eigenvalue weighted by atomic mass is 10.4. The van der Waals surface area contributed by atoms with Gasteiger partial charge in [-0.3, -0.25) is 10.6 Å². The Morgan fingerprint density at radius 1 is 1.29 bits per heavy atom. The van der Waals surface area contributed by atoms with Crippen molar-refractivity contribution in [3.05, 3.63) is 23.5 Å². The van der Waals surface area contributed by atoms with Crippen molar-refractivity contribution in [2.24, 2.45) is 4.99 Å². The molecule has 1 aromatic rings. The first kappa shape index (κ1) is 12.7. The Morgan fingerprint density at radius 3 is 2.35 bits per heavy atom. The molecule has 1 aromatic heterocycles. The van der Waals surface area contributed by atoms with Crippen LogP contribution >= 0.6 is 11.6 Å². The Kier molecular flexibility index (Phi) is 4.23. The summed E-state index contributed by atoms with van der Waals surface area (Å²) in [5.74, 6) is -0.452. The van der Waals surface area contributed by atoms with Crippen molar-refractivity contribution in [2.75, 3.05) is 0 Å². The van der Waals surface area contributed by atoms with Crippen LogP contribution in [0.3, 0.4) is 0 Å². The molecule has 2 amide bonds. The van der Waals surface area contributed by atoms with Crippen molar-refractivity contribution in [3.8, 4) is 0 Å². The van der Waals surface area contributed by atoms with Gasteiger partial charge >= 0.3 is 12.2 Å². The summed E-state index contributed by atoms with van der Waals surface area (Å²) in [6, 6.07) is 2.77. The lowest BCUT2D eigenvalue weighted by Gasteiger charge is -2.04. The Morgan fingerprint density at radius 2 is 1.88 bits per heavy atom. The highest BCUT2D eigenvalue weighted by molar-refractivity contribution is 6.29. The number of hydrogen-bond donors (Lipinski definition) is 4. The molecule has 0 atom stereocenters. The van der Waals surface area contributed by atoms with Gasteiger partial charge in [0.05, 0.1) is 5.69 Å². The first-order chi connectivity index (χ1) is 7.97. The topological polar surface area (TPSA) is 124 Å².